The van der Waals surface area contributed by atoms with Crippen molar-refractivity contribution in [3.63, 3.8) is 0 Å². The van der Waals surface area contributed by atoms with Gasteiger partial charge in [0.15, 0.2) is 0 Å². The van der Waals surface area contributed by atoms with Crippen LogP contribution in [0.1, 0.15) is 66.7 Å². The van der Waals surface area contributed by atoms with E-state index in [1.165, 1.54) is 7.11 Å². The second kappa shape index (κ2) is 11.6. The molecule has 0 radical (unpaired) electrons. The fraction of sp³-hybridized carbons (Fsp3) is 0.880. The molecule has 4 atom stereocenters. The van der Waals surface area contributed by atoms with Crippen LogP contribution in [0.2, 0.25) is 0 Å². The van der Waals surface area contributed by atoms with Crippen LogP contribution in [0.4, 0.5) is 0 Å². The van der Waals surface area contributed by atoms with E-state index in [1.54, 1.807) is 4.90 Å². The first kappa shape index (κ1) is 27.6. The van der Waals surface area contributed by atoms with Gasteiger partial charge in [-0.1, -0.05) is 41.0 Å². The van der Waals surface area contributed by atoms with Crippen molar-refractivity contribution in [3.05, 3.63) is 0 Å². The van der Waals surface area contributed by atoms with Gasteiger partial charge in [0.2, 0.25) is 11.8 Å². The molecule has 1 N–H and O–H groups in total. The second-order valence-electron chi connectivity index (χ2n) is 11.2. The molecule has 2 rings (SSSR count). The molecule has 2 aliphatic heterocycles. The van der Waals surface area contributed by atoms with E-state index >= 15 is 0 Å². The van der Waals surface area contributed by atoms with Gasteiger partial charge >= 0.3 is 5.97 Å². The van der Waals surface area contributed by atoms with Crippen molar-refractivity contribution in [2.45, 2.75) is 90.9 Å². The lowest BCUT2D eigenvalue weighted by Crippen LogP contribution is -2.61. The smallest absolute Gasteiger partial charge is 0.323 e. The van der Waals surface area contributed by atoms with Gasteiger partial charge in [-0.2, -0.15) is 0 Å². The highest BCUT2D eigenvalue weighted by atomic mass is 16.5. The first-order valence-corrected chi connectivity index (χ1v) is 12.5. The number of piperidine rings is 1. The lowest BCUT2D eigenvalue weighted by Gasteiger charge is -2.41. The Labute approximate surface area is 200 Å². The lowest BCUT2D eigenvalue weighted by molar-refractivity contribution is -0.147. The molecule has 0 aromatic heterocycles. The molecule has 2 amide bonds. The molecule has 8 heteroatoms. The van der Waals surface area contributed by atoms with Crippen LogP contribution in [0.3, 0.4) is 0 Å². The topological polar surface area (TPSA) is 82.2 Å². The molecule has 2 aliphatic rings. The maximum atomic E-state index is 13.8. The van der Waals surface area contributed by atoms with Crippen LogP contribution in [0.5, 0.6) is 0 Å². The molecule has 3 unspecified atom stereocenters. The Kier molecular flexibility index (Phi) is 9.73. The van der Waals surface area contributed by atoms with Crippen LogP contribution >= 0.6 is 0 Å². The lowest BCUT2D eigenvalue weighted by atomic mass is 9.84. The standard InChI is InChI=1S/C25H46N4O4/c1-17(2)20(16-29-15-11-13-19(29)24(32)33-8)28(7)23(31)21(25(3,4)5)26-22(30)18-12-9-10-14-27(18)6/h17-21H,9-16H2,1-8H3,(H,26,30)/t18?,19?,20-,21?/m1/s1. The first-order valence-electron chi connectivity index (χ1n) is 12.5. The summed E-state index contributed by atoms with van der Waals surface area (Å²) in [6, 6.07) is -1.14. The highest BCUT2D eigenvalue weighted by molar-refractivity contribution is 5.90. The zero-order chi connectivity index (χ0) is 24.9. The largest absolute Gasteiger partial charge is 0.468 e. The maximum absolute atomic E-state index is 13.8. The Balaban J connectivity index is 2.17. The van der Waals surface area contributed by atoms with Crippen molar-refractivity contribution in [3.8, 4) is 0 Å². The predicted octanol–water partition coefficient (Wildman–Crippen LogP) is 2.12. The zero-order valence-electron chi connectivity index (χ0n) is 22.0. The highest BCUT2D eigenvalue weighted by Crippen LogP contribution is 2.26. The van der Waals surface area contributed by atoms with Gasteiger partial charge in [0.1, 0.15) is 12.1 Å². The molecule has 0 saturated carbocycles. The quantitative estimate of drug-likeness (QED) is 0.552. The number of carbonyl (C=O) groups excluding carboxylic acids is 3. The molecular weight excluding hydrogens is 420 g/mol. The molecule has 0 bridgehead atoms. The summed E-state index contributed by atoms with van der Waals surface area (Å²) in [5.74, 6) is -0.161. The molecule has 2 saturated heterocycles. The zero-order valence-corrected chi connectivity index (χ0v) is 22.0. The Morgan fingerprint density at radius 3 is 2.24 bits per heavy atom. The van der Waals surface area contributed by atoms with Crippen LogP contribution in [-0.2, 0) is 19.1 Å². The minimum Gasteiger partial charge on any atom is -0.468 e. The molecule has 8 nitrogen and oxygen atoms in total. The summed E-state index contributed by atoms with van der Waals surface area (Å²) < 4.78 is 4.99. The van der Waals surface area contributed by atoms with E-state index < -0.39 is 11.5 Å². The van der Waals surface area contributed by atoms with E-state index in [0.29, 0.717) is 6.54 Å². The van der Waals surface area contributed by atoms with Crippen molar-refractivity contribution in [2.24, 2.45) is 11.3 Å². The van der Waals surface area contributed by atoms with Gasteiger partial charge in [-0.3, -0.25) is 24.2 Å². The van der Waals surface area contributed by atoms with Gasteiger partial charge < -0.3 is 15.0 Å². The van der Waals surface area contributed by atoms with E-state index in [4.69, 9.17) is 4.74 Å². The molecule has 190 valence electrons. The van der Waals surface area contributed by atoms with Gasteiger partial charge in [-0.25, -0.2) is 0 Å². The third kappa shape index (κ3) is 6.92. The molecule has 33 heavy (non-hydrogen) atoms. The summed E-state index contributed by atoms with van der Waals surface area (Å²) in [5.41, 5.74) is -0.433. The van der Waals surface area contributed by atoms with Crippen LogP contribution in [0.15, 0.2) is 0 Å². The fourth-order valence-electron chi connectivity index (χ4n) is 5.13. The van der Waals surface area contributed by atoms with Crippen LogP contribution in [-0.4, -0.2) is 97.5 Å². The summed E-state index contributed by atoms with van der Waals surface area (Å²) >= 11 is 0. The van der Waals surface area contributed by atoms with Crippen molar-refractivity contribution in [1.29, 1.82) is 0 Å². The van der Waals surface area contributed by atoms with E-state index in [9.17, 15) is 14.4 Å². The third-order valence-corrected chi connectivity index (χ3v) is 7.35. The Morgan fingerprint density at radius 1 is 1.06 bits per heavy atom. The van der Waals surface area contributed by atoms with Crippen LogP contribution in [0, 0.1) is 11.3 Å². The van der Waals surface area contributed by atoms with Crippen LogP contribution in [0.25, 0.3) is 0 Å². The van der Waals surface area contributed by atoms with Crippen molar-refractivity contribution in [2.75, 3.05) is 40.8 Å². The summed E-state index contributed by atoms with van der Waals surface area (Å²) in [6.45, 7) is 12.5. The predicted molar refractivity (Wildman–Crippen MR) is 130 cm³/mol. The number of amides is 2. The number of likely N-dealkylation sites (N-methyl/N-ethyl adjacent to an activating group) is 2. The molecule has 2 fully saturated rings. The first-order chi connectivity index (χ1) is 15.4. The minimum atomic E-state index is -0.624. The molecule has 0 aliphatic carbocycles. The van der Waals surface area contributed by atoms with Gasteiger partial charge in [-0.15, -0.1) is 0 Å². The van der Waals surface area contributed by atoms with E-state index in [2.05, 4.69) is 29.0 Å². The Hall–Kier alpha value is -1.67. The molecular formula is C25H46N4O4. The number of methoxy groups -OCH3 is 1. The number of ether oxygens (including phenoxy) is 1. The van der Waals surface area contributed by atoms with Crippen LogP contribution < -0.4 is 5.32 Å². The highest BCUT2D eigenvalue weighted by Gasteiger charge is 2.41. The summed E-state index contributed by atoms with van der Waals surface area (Å²) in [5, 5.41) is 3.10. The third-order valence-electron chi connectivity index (χ3n) is 7.35. The van der Waals surface area contributed by atoms with Crippen molar-refractivity contribution >= 4 is 17.8 Å². The monoisotopic (exact) mass is 466 g/mol. The average Bonchev–Trinajstić information content (AvgIpc) is 3.21. The van der Waals surface area contributed by atoms with E-state index in [0.717, 1.165) is 45.2 Å². The number of nitrogens with zero attached hydrogens (tertiary/aromatic N) is 3. The van der Waals surface area contributed by atoms with Gasteiger partial charge in [0.25, 0.3) is 0 Å². The number of hydrogen-bond donors (Lipinski definition) is 1. The Bertz CT molecular complexity index is 690. The fourth-order valence-corrected chi connectivity index (χ4v) is 5.13. The van der Waals surface area contributed by atoms with E-state index in [-0.39, 0.29) is 41.8 Å². The van der Waals surface area contributed by atoms with Gasteiger partial charge in [0.05, 0.1) is 13.2 Å². The van der Waals surface area contributed by atoms with Crippen molar-refractivity contribution < 1.29 is 19.1 Å². The van der Waals surface area contributed by atoms with Crippen molar-refractivity contribution in [1.82, 2.24) is 20.0 Å². The average molecular weight is 467 g/mol. The molecule has 0 aromatic rings. The number of esters is 1. The number of rotatable bonds is 8. The number of likely N-dealkylation sites (tertiary alicyclic amines) is 2. The summed E-state index contributed by atoms with van der Waals surface area (Å²) in [7, 11) is 5.23. The summed E-state index contributed by atoms with van der Waals surface area (Å²) in [4.78, 5) is 45.2. The summed E-state index contributed by atoms with van der Waals surface area (Å²) in [6.07, 6.45) is 4.68. The van der Waals surface area contributed by atoms with Gasteiger partial charge in [0, 0.05) is 19.6 Å². The SMILES string of the molecule is COC(=O)C1CCCN1C[C@H](C(C)C)N(C)C(=O)C(NC(=O)C1CCCCN1C)C(C)(C)C. The van der Waals surface area contributed by atoms with E-state index in [1.807, 2.05) is 34.9 Å². The maximum Gasteiger partial charge on any atom is 0.323 e. The minimum absolute atomic E-state index is 0.0646. The second-order valence-corrected chi connectivity index (χ2v) is 11.2. The molecule has 2 heterocycles. The number of carbonyl (C=O) groups is 3. The number of nitrogens with one attached hydrogen (secondary N) is 1. The molecule has 0 aromatic carbocycles. The normalized spacial score (nSPS) is 24.4. The molecule has 0 spiro atoms. The number of hydrogen-bond acceptors (Lipinski definition) is 6. The van der Waals surface area contributed by atoms with Gasteiger partial charge in [-0.05, 0) is 57.2 Å². The Morgan fingerprint density at radius 2 is 1.70 bits per heavy atom.